The van der Waals surface area contributed by atoms with E-state index in [1.807, 2.05) is 20.8 Å². The fourth-order valence-corrected chi connectivity index (χ4v) is 1.72. The van der Waals surface area contributed by atoms with Gasteiger partial charge >= 0.3 is 0 Å². The summed E-state index contributed by atoms with van der Waals surface area (Å²) in [6.45, 7) is 5.90. The van der Waals surface area contributed by atoms with Crippen LogP contribution in [0, 0.1) is 10.1 Å². The molecule has 0 atom stereocenters. The Bertz CT molecular complexity index is 512. The predicted octanol–water partition coefficient (Wildman–Crippen LogP) is 2.19. The molecular weight excluding hydrogens is 260 g/mol. The van der Waals surface area contributed by atoms with Crippen molar-refractivity contribution in [1.29, 1.82) is 0 Å². The van der Waals surface area contributed by atoms with Gasteiger partial charge in [-0.25, -0.2) is 0 Å². The van der Waals surface area contributed by atoms with Gasteiger partial charge in [-0.05, 0) is 31.9 Å². The average Bonchev–Trinajstić information content (AvgIpc) is 2.46. The number of carbonyl (C=O) groups is 1. The molecule has 0 aliphatic rings. The van der Waals surface area contributed by atoms with Gasteiger partial charge < -0.3 is 10.7 Å². The van der Waals surface area contributed by atoms with Gasteiger partial charge in [-0.3, -0.25) is 20.8 Å². The van der Waals surface area contributed by atoms with Crippen molar-refractivity contribution in [3.63, 3.8) is 0 Å². The number of hydrogen-bond acceptors (Lipinski definition) is 5. The van der Waals surface area contributed by atoms with E-state index in [1.165, 1.54) is 18.2 Å². The van der Waals surface area contributed by atoms with Gasteiger partial charge in [0.05, 0.1) is 4.92 Å². The van der Waals surface area contributed by atoms with Crippen molar-refractivity contribution in [1.82, 2.24) is 5.32 Å². The molecule has 0 aromatic heterocycles. The zero-order chi connectivity index (χ0) is 15.3. The van der Waals surface area contributed by atoms with Crippen LogP contribution in [0.2, 0.25) is 0 Å². The maximum absolute atomic E-state index is 12.2. The highest BCUT2D eigenvalue weighted by atomic mass is 16.6. The lowest BCUT2D eigenvalue weighted by Crippen LogP contribution is -2.44. The summed E-state index contributed by atoms with van der Waals surface area (Å²) in [5, 5.41) is 13.8. The van der Waals surface area contributed by atoms with E-state index in [1.54, 1.807) is 0 Å². The third-order valence-electron chi connectivity index (χ3n) is 3.59. The first kappa shape index (κ1) is 15.9. The van der Waals surface area contributed by atoms with E-state index in [4.69, 9.17) is 5.84 Å². The number of nitrogens with two attached hydrogens (primary N) is 1. The molecule has 0 fully saturated rings. The second-order valence-electron chi connectivity index (χ2n) is 4.86. The number of nitro groups is 1. The lowest BCUT2D eigenvalue weighted by molar-refractivity contribution is -0.384. The Kier molecular flexibility index (Phi) is 5.04. The van der Waals surface area contributed by atoms with E-state index in [0.29, 0.717) is 0 Å². The number of nitrogens with zero attached hydrogens (tertiary/aromatic N) is 1. The Morgan fingerprint density at radius 3 is 2.45 bits per heavy atom. The van der Waals surface area contributed by atoms with Crippen LogP contribution in [-0.4, -0.2) is 16.4 Å². The van der Waals surface area contributed by atoms with Crippen LogP contribution < -0.4 is 16.6 Å². The van der Waals surface area contributed by atoms with Crippen LogP contribution in [0.1, 0.15) is 44.0 Å². The van der Waals surface area contributed by atoms with Gasteiger partial charge in [0.25, 0.3) is 11.6 Å². The molecule has 0 heterocycles. The predicted molar refractivity (Wildman–Crippen MR) is 77.4 cm³/mol. The van der Waals surface area contributed by atoms with Gasteiger partial charge in [0, 0.05) is 17.2 Å². The molecule has 0 saturated heterocycles. The minimum Gasteiger partial charge on any atom is -0.347 e. The largest absolute Gasteiger partial charge is 0.347 e. The maximum atomic E-state index is 12.2. The smallest absolute Gasteiger partial charge is 0.294 e. The Labute approximate surface area is 117 Å². The zero-order valence-corrected chi connectivity index (χ0v) is 11.9. The van der Waals surface area contributed by atoms with E-state index in [2.05, 4.69) is 10.7 Å². The summed E-state index contributed by atoms with van der Waals surface area (Å²) >= 11 is 0. The first-order valence-electron chi connectivity index (χ1n) is 6.44. The summed E-state index contributed by atoms with van der Waals surface area (Å²) in [5.74, 6) is 4.87. The van der Waals surface area contributed by atoms with Crippen molar-refractivity contribution in [2.75, 3.05) is 5.43 Å². The van der Waals surface area contributed by atoms with Crippen molar-refractivity contribution >= 4 is 17.3 Å². The molecule has 1 amide bonds. The second kappa shape index (κ2) is 6.33. The summed E-state index contributed by atoms with van der Waals surface area (Å²) in [6, 6.07) is 4.14. The molecule has 0 bridgehead atoms. The second-order valence-corrected chi connectivity index (χ2v) is 4.86. The van der Waals surface area contributed by atoms with E-state index in [-0.39, 0.29) is 28.4 Å². The molecule has 0 aliphatic carbocycles. The molecule has 1 aromatic carbocycles. The highest BCUT2D eigenvalue weighted by Crippen LogP contribution is 2.25. The van der Waals surface area contributed by atoms with Crippen molar-refractivity contribution in [3.05, 3.63) is 33.9 Å². The molecular formula is C13H20N4O3. The molecule has 0 saturated carbocycles. The molecule has 7 nitrogen and oxygen atoms in total. The fourth-order valence-electron chi connectivity index (χ4n) is 1.72. The van der Waals surface area contributed by atoms with Gasteiger partial charge in [-0.2, -0.15) is 0 Å². The topological polar surface area (TPSA) is 110 Å². The third kappa shape index (κ3) is 3.45. The van der Waals surface area contributed by atoms with Crippen LogP contribution in [0.3, 0.4) is 0 Å². The average molecular weight is 280 g/mol. The molecule has 1 rings (SSSR count). The third-order valence-corrected chi connectivity index (χ3v) is 3.59. The normalized spacial score (nSPS) is 11.0. The number of rotatable bonds is 6. The number of anilines is 1. The van der Waals surface area contributed by atoms with Crippen LogP contribution in [-0.2, 0) is 0 Å². The Morgan fingerprint density at radius 2 is 2.00 bits per heavy atom. The molecule has 0 radical (unpaired) electrons. The summed E-state index contributed by atoms with van der Waals surface area (Å²) in [6.07, 6.45) is 1.56. The number of hydrazine groups is 1. The number of nitrogen functional groups attached to an aromatic ring is 1. The Morgan fingerprint density at radius 1 is 1.40 bits per heavy atom. The van der Waals surface area contributed by atoms with Crippen LogP contribution >= 0.6 is 0 Å². The minimum absolute atomic E-state index is 0.167. The molecule has 1 aromatic rings. The van der Waals surface area contributed by atoms with Gasteiger partial charge in [-0.15, -0.1) is 0 Å². The molecule has 7 heteroatoms. The van der Waals surface area contributed by atoms with E-state index in [9.17, 15) is 14.9 Å². The molecule has 0 spiro atoms. The molecule has 4 N–H and O–H groups in total. The van der Waals surface area contributed by atoms with Crippen molar-refractivity contribution in [2.24, 2.45) is 5.84 Å². The zero-order valence-electron chi connectivity index (χ0n) is 11.9. The summed E-state index contributed by atoms with van der Waals surface area (Å²) < 4.78 is 0. The van der Waals surface area contributed by atoms with Crippen molar-refractivity contribution < 1.29 is 9.72 Å². The fraction of sp³-hybridized carbons (Fsp3) is 0.462. The number of hydrogen-bond donors (Lipinski definition) is 3. The SMILES string of the molecule is CCC(C)(CC)NC(=O)c1ccc(NN)c([N+](=O)[O-])c1. The number of nitro benzene ring substituents is 1. The number of amides is 1. The number of carbonyl (C=O) groups excluding carboxylic acids is 1. The van der Waals surface area contributed by atoms with Crippen molar-refractivity contribution in [3.8, 4) is 0 Å². The Balaban J connectivity index is 3.06. The molecule has 0 unspecified atom stereocenters. The highest BCUT2D eigenvalue weighted by molar-refractivity contribution is 5.96. The van der Waals surface area contributed by atoms with Gasteiger partial charge in [-0.1, -0.05) is 13.8 Å². The van der Waals surface area contributed by atoms with Gasteiger partial charge in [0.1, 0.15) is 5.69 Å². The summed E-state index contributed by atoms with van der Waals surface area (Å²) in [5.41, 5.74) is 2.10. The summed E-state index contributed by atoms with van der Waals surface area (Å²) in [7, 11) is 0. The van der Waals surface area contributed by atoms with Crippen LogP contribution in [0.4, 0.5) is 11.4 Å². The molecule has 20 heavy (non-hydrogen) atoms. The number of benzene rings is 1. The van der Waals surface area contributed by atoms with E-state index >= 15 is 0 Å². The van der Waals surface area contributed by atoms with Crippen LogP contribution in [0.15, 0.2) is 18.2 Å². The minimum atomic E-state index is -0.579. The van der Waals surface area contributed by atoms with Crippen molar-refractivity contribution in [2.45, 2.75) is 39.2 Å². The van der Waals surface area contributed by atoms with Gasteiger partial charge in [0.2, 0.25) is 0 Å². The Hall–Kier alpha value is -2.15. The highest BCUT2D eigenvalue weighted by Gasteiger charge is 2.24. The first-order valence-corrected chi connectivity index (χ1v) is 6.44. The lowest BCUT2D eigenvalue weighted by Gasteiger charge is -2.28. The van der Waals surface area contributed by atoms with Crippen LogP contribution in [0.25, 0.3) is 0 Å². The quantitative estimate of drug-likeness (QED) is 0.420. The van der Waals surface area contributed by atoms with E-state index < -0.39 is 4.92 Å². The number of nitrogens with one attached hydrogen (secondary N) is 2. The maximum Gasteiger partial charge on any atom is 0.294 e. The van der Waals surface area contributed by atoms with Gasteiger partial charge in [0.15, 0.2) is 0 Å². The molecule has 110 valence electrons. The van der Waals surface area contributed by atoms with E-state index in [0.717, 1.165) is 12.8 Å². The summed E-state index contributed by atoms with van der Waals surface area (Å²) in [4.78, 5) is 22.5. The monoisotopic (exact) mass is 280 g/mol. The standard InChI is InChI=1S/C13H20N4O3/c1-4-13(3,5-2)15-12(18)9-6-7-10(16-14)11(8-9)17(19)20/h6-8,16H,4-5,14H2,1-3H3,(H,15,18). The first-order chi connectivity index (χ1) is 9.36. The molecule has 0 aliphatic heterocycles. The van der Waals surface area contributed by atoms with Crippen LogP contribution in [0.5, 0.6) is 0 Å². The lowest BCUT2D eigenvalue weighted by atomic mass is 9.95.